The number of nitrogens with zero attached hydrogens (tertiary/aromatic N) is 2. The average molecular weight is 1810 g/mol. The number of fused-ring (bicyclic) bond motifs is 5. The van der Waals surface area contributed by atoms with Gasteiger partial charge in [0.05, 0.1) is 141 Å². The van der Waals surface area contributed by atoms with Crippen LogP contribution in [-0.2, 0) is 131 Å². The number of hydrogen-bond acceptors (Lipinski definition) is 31. The topological polar surface area (TPSA) is 577 Å². The Morgan fingerprint density at radius 1 is 0.508 bits per heavy atom. The van der Waals surface area contributed by atoms with Crippen molar-refractivity contribution in [3.05, 3.63) is 71.5 Å². The van der Waals surface area contributed by atoms with E-state index in [0.717, 1.165) is 33.3 Å². The van der Waals surface area contributed by atoms with Gasteiger partial charge in [0.2, 0.25) is 47.3 Å². The van der Waals surface area contributed by atoms with E-state index in [-0.39, 0.29) is 216 Å². The number of primary amides is 1. The molecule has 2 aliphatic heterocycles. The lowest BCUT2D eigenvalue weighted by Crippen LogP contribution is -2.53. The molecule has 2 aliphatic rings. The maximum Gasteiger partial charge on any atom is 0.304 e. The molecule has 7 atom stereocenters. The number of aliphatic imine (C=N–C) groups is 1. The standard InChI is InChI=1S/C80H120FN13O27S3/c81-60-17-15-56(16-18-60)44-90-121-50-73(103)87-22-26-114-30-34-117-36-38-118-37-35-116-33-29-113-25-21-86-72(102)49-120-48-71(101)85-19-5-4-13-63-79(110)94-66-53-124-123-52-65(93-78(109)59(43-75(105)106)40-62(96)45-89-76(107)57(41-68(66)98)11-6-20-88-80(83)84)69(99)42-58(39-55-9-2-1-3-10-55)77(108)92-64(51-122-54-74(104)91-63)67(97)14-8-24-112-28-32-115-31-27-111-23-7-12-61(95)46-119-47-70(82)100/h1-3,9-10,15-18,44,57-59,63-66H,4-8,11-14,19-43,45-54H2,(H2,82,100)(H,85,101)(H,86,102)(H,87,103)(H,89,107)(H,91,104)(H,92,108)(H,93,109)(H,94,110)(H,105,106)(H4,83,84,88)/b90-44-/t57-,58-,59+,63+,64+,65+,66+/m1/s1. The Morgan fingerprint density at radius 3 is 1.60 bits per heavy atom. The molecule has 0 aliphatic carbocycles. The summed E-state index contributed by atoms with van der Waals surface area (Å²) in [6, 6.07) is 8.74. The molecule has 124 heavy (non-hydrogen) atoms. The smallest absolute Gasteiger partial charge is 0.304 e. The second-order valence-corrected chi connectivity index (χ2v) is 31.8. The largest absolute Gasteiger partial charge is 0.481 e. The zero-order chi connectivity index (χ0) is 90.2. The molecule has 9 amide bonds. The van der Waals surface area contributed by atoms with E-state index >= 15 is 0 Å². The SMILES string of the molecule is NC(=O)COCC(=O)CCCOCCOCCOCCCC(=O)[C@@H]1CSCC(=O)N[C@@H](CCCCNC(=O)COCC(=O)NCCOCCOCCOCCOCCOCCNC(=O)CO/N=C\c2ccc(F)cc2)C(=O)N[C@H]2CSSC[C@H](NC(=O)[C@H](CC(=O)O)CC(=O)CNC(=O)[C@H](CCCN=C(N)N)CC2=O)C(=O)C[C@@H](Cc2ccccc2)C(=O)N1. The van der Waals surface area contributed by atoms with E-state index in [1.165, 1.54) is 30.5 Å². The number of nitrogens with two attached hydrogens (primary N) is 3. The summed E-state index contributed by atoms with van der Waals surface area (Å²) in [7, 11) is 1.97. The van der Waals surface area contributed by atoms with E-state index in [1.807, 2.05) is 0 Å². The van der Waals surface area contributed by atoms with Crippen LogP contribution in [0.3, 0.4) is 0 Å². The number of ether oxygens (including phenoxy) is 10. The summed E-state index contributed by atoms with van der Waals surface area (Å²) in [5.41, 5.74) is 17.4. The van der Waals surface area contributed by atoms with Gasteiger partial charge in [-0.25, -0.2) is 4.39 Å². The third kappa shape index (κ3) is 53.2. The van der Waals surface area contributed by atoms with Gasteiger partial charge in [0.1, 0.15) is 38.3 Å². The molecule has 2 heterocycles. The number of aliphatic carboxylic acids is 1. The van der Waals surface area contributed by atoms with Crippen molar-refractivity contribution < 1.29 is 134 Å². The summed E-state index contributed by atoms with van der Waals surface area (Å²) < 4.78 is 67.5. The Kier molecular flexibility index (Phi) is 58.1. The van der Waals surface area contributed by atoms with Gasteiger partial charge < -0.3 is 117 Å². The highest BCUT2D eigenvalue weighted by Crippen LogP contribution is 2.28. The third-order valence-electron chi connectivity index (χ3n) is 17.9. The molecule has 4 rings (SSSR count). The monoisotopic (exact) mass is 1810 g/mol. The molecule has 2 bridgehead atoms. The fraction of sp³-hybridized carbons (Fsp3) is 0.637. The van der Waals surface area contributed by atoms with Crippen molar-refractivity contribution in [2.24, 2.45) is 45.1 Å². The Bertz CT molecular complexity index is 3660. The van der Waals surface area contributed by atoms with Gasteiger partial charge in [-0.05, 0) is 74.6 Å². The number of amides is 9. The number of benzene rings is 2. The first-order valence-electron chi connectivity index (χ1n) is 40.8. The van der Waals surface area contributed by atoms with E-state index in [4.69, 9.17) is 69.4 Å². The van der Waals surface area contributed by atoms with Crippen LogP contribution in [0.1, 0.15) is 94.6 Å². The lowest BCUT2D eigenvalue weighted by molar-refractivity contribution is -0.142. The molecule has 40 nitrogen and oxygen atoms in total. The van der Waals surface area contributed by atoms with Crippen LogP contribution >= 0.6 is 33.3 Å². The zero-order valence-electron chi connectivity index (χ0n) is 69.7. The number of thioether (sulfide) groups is 1. The molecule has 692 valence electrons. The molecule has 2 fully saturated rings. The molecule has 0 saturated carbocycles. The summed E-state index contributed by atoms with van der Waals surface area (Å²) in [5.74, 6) is -16.0. The summed E-state index contributed by atoms with van der Waals surface area (Å²) in [6.07, 6.45) is -0.129. The van der Waals surface area contributed by atoms with E-state index < -0.39 is 164 Å². The lowest BCUT2D eigenvalue weighted by atomic mass is 9.90. The highest BCUT2D eigenvalue weighted by Gasteiger charge is 2.36. The maximum absolute atomic E-state index is 14.9. The number of carbonyl (C=O) groups is 15. The molecule has 0 radical (unpaired) electrons. The summed E-state index contributed by atoms with van der Waals surface area (Å²) in [6.45, 7) is 1.97. The Labute approximate surface area is 731 Å². The van der Waals surface area contributed by atoms with Gasteiger partial charge in [0, 0.05) is 101 Å². The van der Waals surface area contributed by atoms with Crippen LogP contribution in [0.4, 0.5) is 4.39 Å². The predicted octanol–water partition coefficient (Wildman–Crippen LogP) is -1.26. The fourth-order valence-corrected chi connectivity index (χ4v) is 14.8. The molecule has 0 spiro atoms. The first kappa shape index (κ1) is 107. The number of hydrogen-bond donors (Lipinski definition) is 12. The molecule has 0 aromatic heterocycles. The average Bonchev–Trinajstić information content (AvgIpc) is 0.978. The number of ketones is 5. The molecule has 44 heteroatoms. The quantitative estimate of drug-likeness (QED) is 0.0121. The normalized spacial score (nSPS) is 18.7. The number of rotatable bonds is 58. The van der Waals surface area contributed by atoms with Gasteiger partial charge in [-0.1, -0.05) is 69.2 Å². The van der Waals surface area contributed by atoms with Gasteiger partial charge in [-0.3, -0.25) is 76.9 Å². The van der Waals surface area contributed by atoms with Crippen molar-refractivity contribution in [3.63, 3.8) is 0 Å². The van der Waals surface area contributed by atoms with E-state index in [9.17, 15) is 81.4 Å². The minimum Gasteiger partial charge on any atom is -0.481 e. The van der Waals surface area contributed by atoms with Gasteiger partial charge in [-0.15, -0.1) is 11.8 Å². The first-order chi connectivity index (χ1) is 59.8. The van der Waals surface area contributed by atoms with Crippen LogP contribution in [0, 0.1) is 23.6 Å². The number of nitrogens with one attached hydrogen (secondary N) is 8. The van der Waals surface area contributed by atoms with E-state index in [1.54, 1.807) is 30.3 Å². The number of carbonyl (C=O) groups excluding carboxylic acids is 14. The minimum absolute atomic E-state index is 0.00837. The second-order valence-electron chi connectivity index (χ2n) is 28.2. The molecule has 2 aromatic carbocycles. The maximum atomic E-state index is 14.9. The Balaban J connectivity index is 1.35. The van der Waals surface area contributed by atoms with Gasteiger partial charge in [0.25, 0.3) is 5.91 Å². The van der Waals surface area contributed by atoms with Crippen LogP contribution in [0.25, 0.3) is 0 Å². The molecular weight excluding hydrogens is 1690 g/mol. The van der Waals surface area contributed by atoms with E-state index in [0.29, 0.717) is 57.2 Å². The van der Waals surface area contributed by atoms with Crippen molar-refractivity contribution in [1.29, 1.82) is 0 Å². The van der Waals surface area contributed by atoms with Gasteiger partial charge in [0.15, 0.2) is 41.5 Å². The molecule has 15 N–H and O–H groups in total. The summed E-state index contributed by atoms with van der Waals surface area (Å²) in [5, 5.41) is 35.0. The van der Waals surface area contributed by atoms with E-state index in [2.05, 4.69) is 52.7 Å². The zero-order valence-corrected chi connectivity index (χ0v) is 72.2. The highest BCUT2D eigenvalue weighted by atomic mass is 33.1. The lowest BCUT2D eigenvalue weighted by Gasteiger charge is -2.26. The number of oxime groups is 1. The number of halogens is 1. The number of carboxylic acids is 1. The molecule has 2 saturated heterocycles. The van der Waals surface area contributed by atoms with Crippen molar-refractivity contribution in [1.82, 2.24) is 42.5 Å². The second kappa shape index (κ2) is 67.2. The molecule has 0 unspecified atom stereocenters. The molecular formula is C80H120FN13O27S3. The van der Waals surface area contributed by atoms with Gasteiger partial charge in [-0.2, -0.15) is 0 Å². The van der Waals surface area contributed by atoms with Crippen LogP contribution in [0.2, 0.25) is 0 Å². The fourth-order valence-electron chi connectivity index (χ4n) is 11.6. The van der Waals surface area contributed by atoms with Crippen molar-refractivity contribution in [2.75, 3.05) is 194 Å². The van der Waals surface area contributed by atoms with Crippen LogP contribution < -0.4 is 59.7 Å². The Hall–Kier alpha value is -9.19. The number of guanidine groups is 1. The summed E-state index contributed by atoms with van der Waals surface area (Å²) in [4.78, 5) is 211. The van der Waals surface area contributed by atoms with Gasteiger partial charge >= 0.3 is 5.97 Å². The van der Waals surface area contributed by atoms with Crippen LogP contribution in [0.5, 0.6) is 0 Å². The minimum atomic E-state index is -1.55. The van der Waals surface area contributed by atoms with Crippen molar-refractivity contribution >= 4 is 134 Å². The van der Waals surface area contributed by atoms with Crippen molar-refractivity contribution in [3.8, 4) is 0 Å². The Morgan fingerprint density at radius 2 is 1.03 bits per heavy atom. The van der Waals surface area contributed by atoms with Crippen LogP contribution in [0.15, 0.2) is 64.7 Å². The number of carboxylic acid groups (broad SMARTS) is 1. The summed E-state index contributed by atoms with van der Waals surface area (Å²) >= 11 is 0.944. The van der Waals surface area contributed by atoms with Crippen LogP contribution in [-0.4, -0.2) is 324 Å². The molecule has 2 aromatic rings. The predicted molar refractivity (Wildman–Crippen MR) is 453 cm³/mol. The first-order valence-corrected chi connectivity index (χ1v) is 44.5. The third-order valence-corrected chi connectivity index (χ3v) is 21.4. The number of unbranched alkanes of at least 4 members (excludes halogenated alkanes) is 1. The highest BCUT2D eigenvalue weighted by molar-refractivity contribution is 8.76. The number of Topliss-reactive ketones (excluding diaryl/α,β-unsaturated/α-hetero) is 5. The van der Waals surface area contributed by atoms with Crippen molar-refractivity contribution in [2.45, 2.75) is 114 Å².